The zero-order valence-corrected chi connectivity index (χ0v) is 9.94. The van der Waals surface area contributed by atoms with Gasteiger partial charge in [0, 0.05) is 0 Å². The Morgan fingerprint density at radius 3 is 1.81 bits per heavy atom. The molecule has 0 N–H and O–H groups in total. The molecule has 88 valence electrons. The van der Waals surface area contributed by atoms with Crippen LogP contribution in [0.25, 0.3) is 0 Å². The predicted octanol–water partition coefficient (Wildman–Crippen LogP) is 2.17. The van der Waals surface area contributed by atoms with Gasteiger partial charge in [-0.1, -0.05) is 0 Å². The highest BCUT2D eigenvalue weighted by molar-refractivity contribution is 5.54. The van der Waals surface area contributed by atoms with Crippen LogP contribution in [-0.2, 0) is 4.74 Å². The lowest BCUT2D eigenvalue weighted by Crippen LogP contribution is -1.97. The monoisotopic (exact) mass is 224 g/mol. The van der Waals surface area contributed by atoms with Gasteiger partial charge in [0.1, 0.15) is 6.10 Å². The number of epoxide rings is 1. The van der Waals surface area contributed by atoms with Crippen molar-refractivity contribution in [3.05, 3.63) is 17.7 Å². The zero-order chi connectivity index (χ0) is 11.7. The van der Waals surface area contributed by atoms with Crippen molar-refractivity contribution in [3.8, 4) is 17.2 Å². The molecule has 2 rings (SSSR count). The molecule has 2 atom stereocenters. The summed E-state index contributed by atoms with van der Waals surface area (Å²) in [6, 6.07) is 3.85. The van der Waals surface area contributed by atoms with Crippen molar-refractivity contribution in [2.75, 3.05) is 21.3 Å². The third-order valence-electron chi connectivity index (χ3n) is 2.73. The van der Waals surface area contributed by atoms with Crippen LogP contribution in [0.4, 0.5) is 0 Å². The molecule has 4 nitrogen and oxygen atoms in total. The first-order chi connectivity index (χ1) is 7.71. The van der Waals surface area contributed by atoms with Crippen LogP contribution in [-0.4, -0.2) is 27.4 Å². The summed E-state index contributed by atoms with van der Waals surface area (Å²) < 4.78 is 21.2. The quantitative estimate of drug-likeness (QED) is 0.735. The Hall–Kier alpha value is -1.42. The number of benzene rings is 1. The SMILES string of the molecule is COc1cc([C@@H]2O[C@H]2C)cc(OC)c1OC. The van der Waals surface area contributed by atoms with E-state index in [1.54, 1.807) is 21.3 Å². The van der Waals surface area contributed by atoms with E-state index in [9.17, 15) is 0 Å². The van der Waals surface area contributed by atoms with Gasteiger partial charge < -0.3 is 18.9 Å². The van der Waals surface area contributed by atoms with Crippen LogP contribution in [0, 0.1) is 0 Å². The van der Waals surface area contributed by atoms with Gasteiger partial charge in [-0.05, 0) is 24.6 Å². The van der Waals surface area contributed by atoms with Gasteiger partial charge in [-0.3, -0.25) is 0 Å². The lowest BCUT2D eigenvalue weighted by atomic mass is 10.1. The maximum Gasteiger partial charge on any atom is 0.203 e. The van der Waals surface area contributed by atoms with Gasteiger partial charge >= 0.3 is 0 Å². The van der Waals surface area contributed by atoms with Crippen LogP contribution in [0.1, 0.15) is 18.6 Å². The maximum atomic E-state index is 5.42. The predicted molar refractivity (Wildman–Crippen MR) is 59.4 cm³/mol. The molecule has 1 heterocycles. The lowest BCUT2D eigenvalue weighted by molar-refractivity contribution is 0.322. The Balaban J connectivity index is 2.42. The van der Waals surface area contributed by atoms with Gasteiger partial charge in [-0.2, -0.15) is 0 Å². The van der Waals surface area contributed by atoms with Crippen molar-refractivity contribution in [3.63, 3.8) is 0 Å². The number of methoxy groups -OCH3 is 3. The van der Waals surface area contributed by atoms with E-state index in [2.05, 4.69) is 0 Å². The molecule has 0 aromatic heterocycles. The number of rotatable bonds is 4. The minimum Gasteiger partial charge on any atom is -0.493 e. The van der Waals surface area contributed by atoms with E-state index >= 15 is 0 Å². The Bertz CT molecular complexity index is 364. The van der Waals surface area contributed by atoms with Crippen molar-refractivity contribution in [1.82, 2.24) is 0 Å². The molecule has 0 radical (unpaired) electrons. The van der Waals surface area contributed by atoms with Crippen LogP contribution in [0.15, 0.2) is 12.1 Å². The normalized spacial score (nSPS) is 22.8. The fraction of sp³-hybridized carbons (Fsp3) is 0.500. The van der Waals surface area contributed by atoms with Gasteiger partial charge in [0.05, 0.1) is 27.4 Å². The molecule has 0 unspecified atom stereocenters. The van der Waals surface area contributed by atoms with Crippen molar-refractivity contribution in [2.24, 2.45) is 0 Å². The molecule has 0 spiro atoms. The van der Waals surface area contributed by atoms with Crippen LogP contribution in [0.2, 0.25) is 0 Å². The second-order valence-electron chi connectivity index (χ2n) is 3.72. The molecule has 4 heteroatoms. The summed E-state index contributed by atoms with van der Waals surface area (Å²) >= 11 is 0. The smallest absolute Gasteiger partial charge is 0.203 e. The second kappa shape index (κ2) is 4.22. The summed E-state index contributed by atoms with van der Waals surface area (Å²) in [6.45, 7) is 2.04. The van der Waals surface area contributed by atoms with Crippen LogP contribution in [0.3, 0.4) is 0 Å². The van der Waals surface area contributed by atoms with Gasteiger partial charge in [-0.25, -0.2) is 0 Å². The highest BCUT2D eigenvalue weighted by Gasteiger charge is 2.37. The van der Waals surface area contributed by atoms with Crippen LogP contribution < -0.4 is 14.2 Å². The minimum absolute atomic E-state index is 0.147. The Kier molecular flexibility index (Phi) is 2.92. The number of hydrogen-bond acceptors (Lipinski definition) is 4. The first kappa shape index (κ1) is 11.1. The average Bonchev–Trinajstić information content (AvgIpc) is 3.04. The molecule has 1 aromatic rings. The van der Waals surface area contributed by atoms with E-state index in [0.717, 1.165) is 5.56 Å². The molecule has 1 fully saturated rings. The van der Waals surface area contributed by atoms with Gasteiger partial charge in [-0.15, -0.1) is 0 Å². The van der Waals surface area contributed by atoms with Gasteiger partial charge in [0.15, 0.2) is 11.5 Å². The molecule has 1 aliphatic heterocycles. The highest BCUT2D eigenvalue weighted by atomic mass is 16.6. The highest BCUT2D eigenvalue weighted by Crippen LogP contribution is 2.45. The van der Waals surface area contributed by atoms with Crippen molar-refractivity contribution >= 4 is 0 Å². The van der Waals surface area contributed by atoms with E-state index in [0.29, 0.717) is 17.2 Å². The van der Waals surface area contributed by atoms with E-state index in [4.69, 9.17) is 18.9 Å². The van der Waals surface area contributed by atoms with E-state index in [1.807, 2.05) is 19.1 Å². The molecule has 1 saturated heterocycles. The number of hydrogen-bond donors (Lipinski definition) is 0. The van der Waals surface area contributed by atoms with Gasteiger partial charge in [0.25, 0.3) is 0 Å². The summed E-state index contributed by atoms with van der Waals surface area (Å²) in [5.41, 5.74) is 1.06. The molecule has 0 saturated carbocycles. The van der Waals surface area contributed by atoms with E-state index < -0.39 is 0 Å². The Labute approximate surface area is 95.1 Å². The first-order valence-electron chi connectivity index (χ1n) is 5.16. The minimum atomic E-state index is 0.147. The molecule has 16 heavy (non-hydrogen) atoms. The standard InChI is InChI=1S/C12H16O4/c1-7-11(16-7)8-5-9(13-2)12(15-4)10(6-8)14-3/h5-7,11H,1-4H3/t7-,11+/m0/s1. The first-order valence-corrected chi connectivity index (χ1v) is 5.16. The Morgan fingerprint density at radius 2 is 1.50 bits per heavy atom. The fourth-order valence-electron chi connectivity index (χ4n) is 1.80. The summed E-state index contributed by atoms with van der Waals surface area (Å²) in [7, 11) is 4.81. The molecule has 0 aliphatic carbocycles. The van der Waals surface area contributed by atoms with Crippen LogP contribution in [0.5, 0.6) is 17.2 Å². The summed E-state index contributed by atoms with van der Waals surface area (Å²) in [5.74, 6) is 1.95. The third-order valence-corrected chi connectivity index (χ3v) is 2.73. The van der Waals surface area contributed by atoms with E-state index in [-0.39, 0.29) is 12.2 Å². The number of ether oxygens (including phenoxy) is 4. The molecule has 1 aliphatic rings. The molecular formula is C12H16O4. The zero-order valence-electron chi connectivity index (χ0n) is 9.94. The summed E-state index contributed by atoms with van der Waals surface area (Å²) in [4.78, 5) is 0. The largest absolute Gasteiger partial charge is 0.493 e. The Morgan fingerprint density at radius 1 is 1.00 bits per heavy atom. The lowest BCUT2D eigenvalue weighted by Gasteiger charge is -2.13. The topological polar surface area (TPSA) is 40.2 Å². The van der Waals surface area contributed by atoms with Crippen molar-refractivity contribution in [2.45, 2.75) is 19.1 Å². The summed E-state index contributed by atoms with van der Waals surface area (Å²) in [6.07, 6.45) is 0.413. The average molecular weight is 224 g/mol. The molecule has 0 amide bonds. The molecule has 1 aromatic carbocycles. The molecule has 0 bridgehead atoms. The van der Waals surface area contributed by atoms with Crippen molar-refractivity contribution in [1.29, 1.82) is 0 Å². The van der Waals surface area contributed by atoms with Crippen LogP contribution >= 0.6 is 0 Å². The third kappa shape index (κ3) is 1.80. The maximum absolute atomic E-state index is 5.42. The van der Waals surface area contributed by atoms with Gasteiger partial charge in [0.2, 0.25) is 5.75 Å². The van der Waals surface area contributed by atoms with E-state index in [1.165, 1.54) is 0 Å². The molecular weight excluding hydrogens is 208 g/mol. The van der Waals surface area contributed by atoms with Crippen molar-refractivity contribution < 1.29 is 18.9 Å². The second-order valence-corrected chi connectivity index (χ2v) is 3.72. The summed E-state index contributed by atoms with van der Waals surface area (Å²) in [5, 5.41) is 0. The fourth-order valence-corrected chi connectivity index (χ4v) is 1.80.